The summed E-state index contributed by atoms with van der Waals surface area (Å²) < 4.78 is 0. The zero-order valence-electron chi connectivity index (χ0n) is 26.2. The van der Waals surface area contributed by atoms with Crippen LogP contribution in [0.25, 0.3) is 108 Å². The molecule has 0 radical (unpaired) electrons. The van der Waals surface area contributed by atoms with Crippen molar-refractivity contribution >= 4 is 86.2 Å². The Bertz CT molecular complexity index is 3090. The van der Waals surface area contributed by atoms with Crippen LogP contribution in [-0.4, -0.2) is 0 Å². The highest BCUT2D eigenvalue weighted by Crippen LogP contribution is 2.49. The maximum absolute atomic E-state index is 2.40. The quantitative estimate of drug-likeness (QED) is 0.136. The van der Waals surface area contributed by atoms with Crippen molar-refractivity contribution in [3.63, 3.8) is 0 Å². The Hall–Kier alpha value is -6.24. The minimum atomic E-state index is 1.25. The van der Waals surface area contributed by atoms with E-state index in [1.165, 1.54) is 108 Å². The third-order valence-corrected chi connectivity index (χ3v) is 10.7. The molecule has 0 bridgehead atoms. The topological polar surface area (TPSA) is 0 Å². The van der Waals surface area contributed by atoms with E-state index in [-0.39, 0.29) is 0 Å². The van der Waals surface area contributed by atoms with Gasteiger partial charge in [0.05, 0.1) is 0 Å². The molecule has 11 rings (SSSR count). The van der Waals surface area contributed by atoms with Crippen LogP contribution in [0.1, 0.15) is 0 Å². The Labute approximate surface area is 277 Å². The van der Waals surface area contributed by atoms with Gasteiger partial charge in [-0.3, -0.25) is 0 Å². The predicted molar refractivity (Wildman–Crippen MR) is 209 cm³/mol. The third kappa shape index (κ3) is 3.55. The van der Waals surface area contributed by atoms with Crippen LogP contribution in [0.15, 0.2) is 170 Å². The molecule has 0 N–H and O–H groups in total. The molecule has 0 saturated heterocycles. The summed E-state index contributed by atoms with van der Waals surface area (Å²) in [6.07, 6.45) is 0. The van der Waals surface area contributed by atoms with Gasteiger partial charge in [0.1, 0.15) is 0 Å². The van der Waals surface area contributed by atoms with Crippen LogP contribution in [0.2, 0.25) is 0 Å². The molecule has 0 heterocycles. The van der Waals surface area contributed by atoms with Gasteiger partial charge < -0.3 is 0 Å². The first kappa shape index (κ1) is 25.9. The molecule has 0 saturated carbocycles. The van der Waals surface area contributed by atoms with Crippen LogP contribution in [0.4, 0.5) is 0 Å². The van der Waals surface area contributed by atoms with Gasteiger partial charge in [-0.15, -0.1) is 0 Å². The maximum Gasteiger partial charge on any atom is -0.00141 e. The van der Waals surface area contributed by atoms with Gasteiger partial charge in [-0.25, -0.2) is 0 Å². The summed E-state index contributed by atoms with van der Waals surface area (Å²) in [6, 6.07) is 63.5. The van der Waals surface area contributed by atoms with Gasteiger partial charge >= 0.3 is 0 Å². The van der Waals surface area contributed by atoms with Gasteiger partial charge in [-0.1, -0.05) is 152 Å². The first-order valence-electron chi connectivity index (χ1n) is 16.8. The lowest BCUT2D eigenvalue weighted by atomic mass is 9.82. The van der Waals surface area contributed by atoms with E-state index >= 15 is 0 Å². The first-order chi connectivity index (χ1) is 23.8. The second kappa shape index (κ2) is 9.64. The second-order valence-electron chi connectivity index (χ2n) is 13.2. The molecule has 0 atom stereocenters. The third-order valence-electron chi connectivity index (χ3n) is 10.7. The van der Waals surface area contributed by atoms with Gasteiger partial charge in [-0.2, -0.15) is 0 Å². The van der Waals surface area contributed by atoms with Crippen molar-refractivity contribution in [1.29, 1.82) is 0 Å². The van der Waals surface area contributed by atoms with E-state index in [4.69, 9.17) is 0 Å². The summed E-state index contributed by atoms with van der Waals surface area (Å²) >= 11 is 0. The summed E-state index contributed by atoms with van der Waals surface area (Å²) in [5.41, 5.74) is 5.14. The van der Waals surface area contributed by atoms with Crippen LogP contribution in [0.5, 0.6) is 0 Å². The Morgan fingerprint density at radius 3 is 1.54 bits per heavy atom. The Morgan fingerprint density at radius 1 is 0.229 bits per heavy atom. The maximum atomic E-state index is 2.40. The molecule has 11 aromatic rings. The number of hydrogen-bond acceptors (Lipinski definition) is 0. The lowest BCUT2D eigenvalue weighted by molar-refractivity contribution is 1.70. The van der Waals surface area contributed by atoms with Crippen molar-refractivity contribution in [3.05, 3.63) is 170 Å². The van der Waals surface area contributed by atoms with E-state index in [2.05, 4.69) is 170 Å². The average Bonchev–Trinajstić information content (AvgIpc) is 3.15. The molecule has 0 unspecified atom stereocenters. The van der Waals surface area contributed by atoms with Crippen molar-refractivity contribution in [2.45, 2.75) is 0 Å². The minimum absolute atomic E-state index is 1.25. The van der Waals surface area contributed by atoms with E-state index in [1.807, 2.05) is 0 Å². The predicted octanol–water partition coefficient (Wildman–Crippen LogP) is 13.7. The van der Waals surface area contributed by atoms with Gasteiger partial charge in [0.15, 0.2) is 0 Å². The molecule has 0 heteroatoms. The van der Waals surface area contributed by atoms with E-state index in [0.29, 0.717) is 0 Å². The molecule has 0 aliphatic rings. The summed E-state index contributed by atoms with van der Waals surface area (Å²) in [5.74, 6) is 0. The zero-order valence-corrected chi connectivity index (χ0v) is 26.2. The van der Waals surface area contributed by atoms with E-state index in [0.717, 1.165) is 0 Å². The fourth-order valence-electron chi connectivity index (χ4n) is 8.59. The summed E-state index contributed by atoms with van der Waals surface area (Å²) in [6.45, 7) is 0. The zero-order chi connectivity index (χ0) is 31.3. The van der Waals surface area contributed by atoms with Gasteiger partial charge in [0.2, 0.25) is 0 Å². The lowest BCUT2D eigenvalue weighted by Gasteiger charge is -2.21. The summed E-state index contributed by atoms with van der Waals surface area (Å²) in [5, 5.41) is 20.7. The highest BCUT2D eigenvalue weighted by Gasteiger charge is 2.21. The molecule has 0 nitrogen and oxygen atoms in total. The van der Waals surface area contributed by atoms with E-state index < -0.39 is 0 Å². The Morgan fingerprint density at radius 2 is 0.750 bits per heavy atom. The molecule has 0 aliphatic heterocycles. The molecule has 220 valence electrons. The van der Waals surface area contributed by atoms with Crippen LogP contribution in [0.3, 0.4) is 0 Å². The summed E-state index contributed by atoms with van der Waals surface area (Å²) in [4.78, 5) is 0. The van der Waals surface area contributed by atoms with E-state index in [9.17, 15) is 0 Å². The van der Waals surface area contributed by atoms with Gasteiger partial charge in [0.25, 0.3) is 0 Å². The van der Waals surface area contributed by atoms with Gasteiger partial charge in [0, 0.05) is 0 Å². The van der Waals surface area contributed by atoms with Crippen LogP contribution >= 0.6 is 0 Å². The molecular formula is C48H28. The molecule has 0 fully saturated rings. The van der Waals surface area contributed by atoms with E-state index in [1.54, 1.807) is 0 Å². The van der Waals surface area contributed by atoms with Gasteiger partial charge in [-0.05, 0) is 127 Å². The van der Waals surface area contributed by atoms with Crippen molar-refractivity contribution < 1.29 is 0 Å². The van der Waals surface area contributed by atoms with Crippen molar-refractivity contribution in [1.82, 2.24) is 0 Å². The molecule has 48 heavy (non-hydrogen) atoms. The number of hydrogen-bond donors (Lipinski definition) is 0. The SMILES string of the molecule is c1ccc2cc3cc(-c4c5ccccc5c(-c5ccc6ccc7cccc8ccc5c6c78)c5ccc6ccccc6c45)ccc3cc2c1. The number of fused-ring (bicyclic) bond motifs is 6. The summed E-state index contributed by atoms with van der Waals surface area (Å²) in [7, 11) is 0. The minimum Gasteiger partial charge on any atom is -0.0616 e. The van der Waals surface area contributed by atoms with Crippen molar-refractivity contribution in [2.75, 3.05) is 0 Å². The number of benzene rings is 11. The fraction of sp³-hybridized carbons (Fsp3) is 0. The fourth-order valence-corrected chi connectivity index (χ4v) is 8.59. The molecule has 0 aromatic heterocycles. The molecule has 0 spiro atoms. The molecule has 0 amide bonds. The van der Waals surface area contributed by atoms with Crippen LogP contribution in [0, 0.1) is 0 Å². The van der Waals surface area contributed by atoms with Crippen molar-refractivity contribution in [2.24, 2.45) is 0 Å². The van der Waals surface area contributed by atoms with Crippen LogP contribution < -0.4 is 0 Å². The normalized spacial score (nSPS) is 12.2. The average molecular weight is 605 g/mol. The standard InChI is InChI=1S/C48H28/c1-2-10-34-27-37-28-36(19-18-35(37)26-33(34)9-1)46-39-14-5-6-15-40(39)47(43-25-20-29-8-3-4-13-38(29)48(43)46)42-24-22-32-17-16-30-11-7-12-31-21-23-41(42)45(32)44(30)31/h1-28H. The molecule has 11 aromatic carbocycles. The number of rotatable bonds is 2. The molecular weight excluding hydrogens is 577 g/mol. The Kier molecular flexibility index (Phi) is 5.20. The second-order valence-corrected chi connectivity index (χ2v) is 13.2. The van der Waals surface area contributed by atoms with Crippen LogP contribution in [-0.2, 0) is 0 Å². The first-order valence-corrected chi connectivity index (χ1v) is 16.8. The monoisotopic (exact) mass is 604 g/mol. The lowest BCUT2D eigenvalue weighted by Crippen LogP contribution is -1.93. The molecule has 0 aliphatic carbocycles. The highest BCUT2D eigenvalue weighted by atomic mass is 14.2. The van der Waals surface area contributed by atoms with Crippen molar-refractivity contribution in [3.8, 4) is 22.3 Å². The smallest absolute Gasteiger partial charge is 0.00141 e. The largest absolute Gasteiger partial charge is 0.0616 e. The highest BCUT2D eigenvalue weighted by molar-refractivity contribution is 6.32. The Balaban J connectivity index is 1.31.